The van der Waals surface area contributed by atoms with Crippen LogP contribution < -0.4 is 10.1 Å². The fourth-order valence-electron chi connectivity index (χ4n) is 1.42. The van der Waals surface area contributed by atoms with E-state index < -0.39 is 0 Å². The monoisotopic (exact) mass is 241 g/mol. The lowest BCUT2D eigenvalue weighted by atomic mass is 10.1. The molecule has 0 amide bonds. The lowest BCUT2D eigenvalue weighted by molar-refractivity contribution is 0.170. The molecule has 5 nitrogen and oxygen atoms in total. The van der Waals surface area contributed by atoms with E-state index in [0.717, 1.165) is 0 Å². The number of aromatic hydroxyl groups is 1. The smallest absolute Gasteiger partial charge is 0.162 e. The van der Waals surface area contributed by atoms with Crippen molar-refractivity contribution in [1.29, 1.82) is 0 Å². The zero-order valence-electron chi connectivity index (χ0n) is 9.89. The molecular weight excluding hydrogens is 222 g/mol. The summed E-state index contributed by atoms with van der Waals surface area (Å²) in [5.74, 6) is 0.535. The van der Waals surface area contributed by atoms with Gasteiger partial charge < -0.3 is 25.4 Å². The normalized spacial score (nSPS) is 10.8. The summed E-state index contributed by atoms with van der Waals surface area (Å²) in [5.41, 5.74) is 0.669. The Bertz CT molecular complexity index is 339. The number of aliphatic hydroxyl groups excluding tert-OH is 2. The van der Waals surface area contributed by atoms with E-state index in [9.17, 15) is 5.11 Å². The molecule has 1 aromatic rings. The first kappa shape index (κ1) is 13.8. The topological polar surface area (TPSA) is 82.0 Å². The van der Waals surface area contributed by atoms with Crippen LogP contribution in [0.3, 0.4) is 0 Å². The van der Waals surface area contributed by atoms with Crippen molar-refractivity contribution in [1.82, 2.24) is 5.32 Å². The van der Waals surface area contributed by atoms with Gasteiger partial charge in [0.2, 0.25) is 0 Å². The highest BCUT2D eigenvalue weighted by molar-refractivity contribution is 5.45. The number of ether oxygens (including phenoxy) is 1. The third-order valence-corrected chi connectivity index (χ3v) is 2.40. The number of nitrogens with one attached hydrogen (secondary N) is 1. The Balaban J connectivity index is 2.67. The first-order chi connectivity index (χ1) is 8.22. The van der Waals surface area contributed by atoms with Crippen LogP contribution in [0.25, 0.3) is 0 Å². The van der Waals surface area contributed by atoms with Gasteiger partial charge in [-0.1, -0.05) is 12.1 Å². The summed E-state index contributed by atoms with van der Waals surface area (Å²) in [6.45, 7) is 2.39. The molecule has 1 aromatic carbocycles. The van der Waals surface area contributed by atoms with Gasteiger partial charge in [0.1, 0.15) is 0 Å². The zero-order valence-corrected chi connectivity index (χ0v) is 9.89. The van der Waals surface area contributed by atoms with Gasteiger partial charge in [-0.3, -0.25) is 0 Å². The van der Waals surface area contributed by atoms with Gasteiger partial charge in [-0.05, 0) is 13.0 Å². The molecule has 0 saturated heterocycles. The van der Waals surface area contributed by atoms with Gasteiger partial charge in [0.05, 0.1) is 25.9 Å². The molecule has 0 aliphatic rings. The van der Waals surface area contributed by atoms with Crippen LogP contribution >= 0.6 is 0 Å². The average molecular weight is 241 g/mol. The molecule has 0 aliphatic carbocycles. The molecule has 0 atom stereocenters. The molecular formula is C12H19NO4. The van der Waals surface area contributed by atoms with E-state index >= 15 is 0 Å². The van der Waals surface area contributed by atoms with Crippen LogP contribution in [0, 0.1) is 0 Å². The molecule has 96 valence electrons. The largest absolute Gasteiger partial charge is 0.504 e. The van der Waals surface area contributed by atoms with E-state index in [1.807, 2.05) is 6.92 Å². The first-order valence-corrected chi connectivity index (χ1v) is 5.61. The van der Waals surface area contributed by atoms with Crippen molar-refractivity contribution in [3.05, 3.63) is 23.8 Å². The molecule has 0 heterocycles. The van der Waals surface area contributed by atoms with Crippen molar-refractivity contribution in [2.75, 3.05) is 19.8 Å². The van der Waals surface area contributed by atoms with Gasteiger partial charge in [0, 0.05) is 12.1 Å². The van der Waals surface area contributed by atoms with Crippen LogP contribution in [0.1, 0.15) is 12.5 Å². The third-order valence-electron chi connectivity index (χ3n) is 2.40. The summed E-state index contributed by atoms with van der Waals surface area (Å²) in [4.78, 5) is 0. The van der Waals surface area contributed by atoms with Crippen LogP contribution in [0.15, 0.2) is 18.2 Å². The fraction of sp³-hybridized carbons (Fsp3) is 0.500. The molecule has 0 aliphatic heterocycles. The van der Waals surface area contributed by atoms with Crippen LogP contribution in [-0.2, 0) is 6.54 Å². The van der Waals surface area contributed by atoms with Crippen molar-refractivity contribution in [3.63, 3.8) is 0 Å². The molecule has 17 heavy (non-hydrogen) atoms. The highest BCUT2D eigenvalue weighted by Gasteiger charge is 2.10. The van der Waals surface area contributed by atoms with Gasteiger partial charge in [0.15, 0.2) is 11.5 Å². The standard InChI is InChI=1S/C12H19NO4/c1-2-17-11-5-3-4-9(12(11)16)6-13-10(7-14)8-15/h3-5,10,13-16H,2,6-8H2,1H3. The Hall–Kier alpha value is -1.30. The van der Waals surface area contributed by atoms with E-state index in [1.165, 1.54) is 0 Å². The number of phenolic OH excluding ortho intramolecular Hbond substituents is 1. The van der Waals surface area contributed by atoms with Crippen molar-refractivity contribution >= 4 is 0 Å². The van der Waals surface area contributed by atoms with Crippen LogP contribution in [0.2, 0.25) is 0 Å². The lowest BCUT2D eigenvalue weighted by Gasteiger charge is -2.15. The minimum Gasteiger partial charge on any atom is -0.504 e. The number of hydrogen-bond acceptors (Lipinski definition) is 5. The number of rotatable bonds is 7. The molecule has 1 rings (SSSR count). The van der Waals surface area contributed by atoms with Crippen LogP contribution in [-0.4, -0.2) is 41.2 Å². The molecule has 0 radical (unpaired) electrons. The summed E-state index contributed by atoms with van der Waals surface area (Å²) in [6.07, 6.45) is 0. The summed E-state index contributed by atoms with van der Waals surface area (Å²) in [5, 5.41) is 30.6. The molecule has 0 saturated carbocycles. The van der Waals surface area contributed by atoms with Gasteiger partial charge >= 0.3 is 0 Å². The highest BCUT2D eigenvalue weighted by Crippen LogP contribution is 2.29. The zero-order chi connectivity index (χ0) is 12.7. The Morgan fingerprint density at radius 1 is 1.29 bits per heavy atom. The molecule has 4 N–H and O–H groups in total. The predicted octanol–water partition coefficient (Wildman–Crippen LogP) is 0.234. The second kappa shape index (κ2) is 7.11. The third kappa shape index (κ3) is 3.89. The molecule has 0 unspecified atom stereocenters. The van der Waals surface area contributed by atoms with Gasteiger partial charge in [0.25, 0.3) is 0 Å². The summed E-state index contributed by atoms with van der Waals surface area (Å²) in [6, 6.07) is 4.86. The van der Waals surface area contributed by atoms with Gasteiger partial charge in [-0.25, -0.2) is 0 Å². The molecule has 0 spiro atoms. The van der Waals surface area contributed by atoms with Crippen molar-refractivity contribution < 1.29 is 20.1 Å². The number of aliphatic hydroxyl groups is 2. The van der Waals surface area contributed by atoms with E-state index in [-0.39, 0.29) is 25.0 Å². The summed E-state index contributed by atoms with van der Waals surface area (Å²) >= 11 is 0. The summed E-state index contributed by atoms with van der Waals surface area (Å²) < 4.78 is 5.26. The SMILES string of the molecule is CCOc1cccc(CNC(CO)CO)c1O. The average Bonchev–Trinajstić information content (AvgIpc) is 2.35. The van der Waals surface area contributed by atoms with Gasteiger partial charge in [-0.15, -0.1) is 0 Å². The maximum atomic E-state index is 9.89. The molecule has 0 fully saturated rings. The Labute approximate surface area is 101 Å². The fourth-order valence-corrected chi connectivity index (χ4v) is 1.42. The maximum Gasteiger partial charge on any atom is 0.162 e. The molecule has 0 aromatic heterocycles. The molecule has 0 bridgehead atoms. The quantitative estimate of drug-likeness (QED) is 0.549. The van der Waals surface area contributed by atoms with Crippen molar-refractivity contribution in [3.8, 4) is 11.5 Å². The number of para-hydroxylation sites is 1. The number of hydrogen-bond donors (Lipinski definition) is 4. The van der Waals surface area contributed by atoms with Crippen LogP contribution in [0.4, 0.5) is 0 Å². The van der Waals surface area contributed by atoms with E-state index in [4.69, 9.17) is 14.9 Å². The second-order valence-corrected chi connectivity index (χ2v) is 3.64. The van der Waals surface area contributed by atoms with E-state index in [0.29, 0.717) is 24.5 Å². The molecule has 5 heteroatoms. The minimum absolute atomic E-state index is 0.0940. The first-order valence-electron chi connectivity index (χ1n) is 5.61. The second-order valence-electron chi connectivity index (χ2n) is 3.64. The van der Waals surface area contributed by atoms with Crippen molar-refractivity contribution in [2.24, 2.45) is 0 Å². The Morgan fingerprint density at radius 2 is 2.00 bits per heavy atom. The number of phenols is 1. The Morgan fingerprint density at radius 3 is 2.59 bits per heavy atom. The van der Waals surface area contributed by atoms with Gasteiger partial charge in [-0.2, -0.15) is 0 Å². The lowest BCUT2D eigenvalue weighted by Crippen LogP contribution is -2.35. The minimum atomic E-state index is -0.384. The maximum absolute atomic E-state index is 9.89. The Kier molecular flexibility index (Phi) is 5.76. The highest BCUT2D eigenvalue weighted by atomic mass is 16.5. The summed E-state index contributed by atoms with van der Waals surface area (Å²) in [7, 11) is 0. The van der Waals surface area contributed by atoms with E-state index in [1.54, 1.807) is 18.2 Å². The van der Waals surface area contributed by atoms with E-state index in [2.05, 4.69) is 5.32 Å². The predicted molar refractivity (Wildman–Crippen MR) is 64.1 cm³/mol. The number of benzene rings is 1. The van der Waals surface area contributed by atoms with Crippen molar-refractivity contribution in [2.45, 2.75) is 19.5 Å². The van der Waals surface area contributed by atoms with Crippen LogP contribution in [0.5, 0.6) is 11.5 Å².